The molecule has 0 unspecified atom stereocenters. The van der Waals surface area contributed by atoms with E-state index in [1.54, 1.807) is 4.57 Å². The van der Waals surface area contributed by atoms with Gasteiger partial charge in [0.15, 0.2) is 5.16 Å². The lowest BCUT2D eigenvalue weighted by atomic mass is 10.1. The van der Waals surface area contributed by atoms with Gasteiger partial charge in [-0.15, -0.1) is 0 Å². The van der Waals surface area contributed by atoms with Crippen LogP contribution in [-0.2, 0) is 11.2 Å². The third kappa shape index (κ3) is 4.77. The molecule has 148 valence electrons. The second-order valence-corrected chi connectivity index (χ2v) is 8.27. The van der Waals surface area contributed by atoms with Gasteiger partial charge in [-0.1, -0.05) is 35.5 Å². The van der Waals surface area contributed by atoms with E-state index in [0.29, 0.717) is 27.8 Å². The van der Waals surface area contributed by atoms with Crippen molar-refractivity contribution >= 4 is 40.3 Å². The minimum Gasteiger partial charge on any atom is -0.355 e. The van der Waals surface area contributed by atoms with Gasteiger partial charge >= 0.3 is 0 Å². The number of halogens is 1. The summed E-state index contributed by atoms with van der Waals surface area (Å²) in [6.45, 7) is 6.30. The summed E-state index contributed by atoms with van der Waals surface area (Å²) in [6.07, 6.45) is 0.733. The first-order valence-electron chi connectivity index (χ1n) is 9.11. The van der Waals surface area contributed by atoms with Crippen molar-refractivity contribution in [3.8, 4) is 0 Å². The van der Waals surface area contributed by atoms with Gasteiger partial charge in [-0.2, -0.15) is 0 Å². The van der Waals surface area contributed by atoms with E-state index in [1.165, 1.54) is 11.8 Å². The maximum Gasteiger partial charge on any atom is 0.278 e. The van der Waals surface area contributed by atoms with E-state index in [-0.39, 0.29) is 23.3 Å². The Bertz CT molecular complexity index is 1040. The number of nitrogens with one attached hydrogen (secondary N) is 2. The lowest BCUT2D eigenvalue weighted by molar-refractivity contribution is -0.118. The molecule has 1 aromatic carbocycles. The molecule has 0 atom stereocenters. The molecule has 1 amide bonds. The molecule has 2 N–H and O–H groups in total. The largest absolute Gasteiger partial charge is 0.355 e. The predicted octanol–water partition coefficient (Wildman–Crippen LogP) is 3.72. The number of aromatic amines is 1. The molecule has 2 heterocycles. The Hall–Kier alpha value is -2.25. The van der Waals surface area contributed by atoms with Crippen molar-refractivity contribution in [1.82, 2.24) is 19.9 Å². The van der Waals surface area contributed by atoms with Crippen LogP contribution in [0.3, 0.4) is 0 Å². The number of rotatable bonds is 7. The molecule has 0 aliphatic carbocycles. The smallest absolute Gasteiger partial charge is 0.278 e. The monoisotopic (exact) mass is 418 g/mol. The molecule has 0 saturated carbocycles. The molecule has 0 aliphatic rings. The molecule has 2 aromatic heterocycles. The Labute approximate surface area is 172 Å². The number of aryl methyl sites for hydroxylation is 1. The number of thioether (sulfide) groups is 1. The number of benzene rings is 1. The molecule has 8 heteroatoms. The lowest BCUT2D eigenvalue weighted by Gasteiger charge is -2.15. The summed E-state index contributed by atoms with van der Waals surface area (Å²) in [6, 6.07) is 9.36. The number of aromatic nitrogens is 3. The fourth-order valence-electron chi connectivity index (χ4n) is 2.93. The second kappa shape index (κ2) is 8.84. The van der Waals surface area contributed by atoms with Crippen molar-refractivity contribution in [2.45, 2.75) is 38.4 Å². The summed E-state index contributed by atoms with van der Waals surface area (Å²) in [5.74, 6) is 0.114. The molecule has 0 spiro atoms. The van der Waals surface area contributed by atoms with Gasteiger partial charge in [-0.05, 0) is 51.0 Å². The number of amides is 1. The van der Waals surface area contributed by atoms with Crippen molar-refractivity contribution in [2.24, 2.45) is 0 Å². The highest BCUT2D eigenvalue weighted by atomic mass is 35.5. The van der Waals surface area contributed by atoms with Gasteiger partial charge in [-0.3, -0.25) is 14.2 Å². The first-order chi connectivity index (χ1) is 13.3. The third-order valence-electron chi connectivity index (χ3n) is 4.28. The van der Waals surface area contributed by atoms with E-state index in [9.17, 15) is 9.59 Å². The summed E-state index contributed by atoms with van der Waals surface area (Å²) >= 11 is 7.15. The van der Waals surface area contributed by atoms with Crippen molar-refractivity contribution in [3.05, 3.63) is 57.0 Å². The molecule has 0 saturated heterocycles. The molecule has 0 radical (unpaired) electrons. The normalized spacial score (nSPS) is 11.3. The maximum atomic E-state index is 12.8. The highest BCUT2D eigenvalue weighted by molar-refractivity contribution is 7.99. The standard InChI is InChI=1S/C20H23ClN4O2S/c1-12(2)25-19(27)18-16(10-13(3)23-18)24-20(25)28-11-17(26)22-9-8-14-4-6-15(21)7-5-14/h4-7,10,12,23H,8-9,11H2,1-3H3,(H,22,26). The Balaban J connectivity index is 1.63. The minimum absolute atomic E-state index is 0.0523. The number of hydrogen-bond donors (Lipinski definition) is 2. The van der Waals surface area contributed by atoms with E-state index in [0.717, 1.165) is 17.7 Å². The number of H-pyrrole nitrogens is 1. The second-order valence-electron chi connectivity index (χ2n) is 6.89. The third-order valence-corrected chi connectivity index (χ3v) is 5.49. The van der Waals surface area contributed by atoms with Crippen molar-refractivity contribution in [3.63, 3.8) is 0 Å². The molecule has 3 rings (SSSR count). The number of fused-ring (bicyclic) bond motifs is 1. The van der Waals surface area contributed by atoms with Crippen LogP contribution in [0, 0.1) is 6.92 Å². The van der Waals surface area contributed by atoms with Gasteiger partial charge < -0.3 is 10.3 Å². The number of hydrogen-bond acceptors (Lipinski definition) is 4. The number of carbonyl (C=O) groups is 1. The molecule has 6 nitrogen and oxygen atoms in total. The average Bonchev–Trinajstić information content (AvgIpc) is 3.02. The molecule has 0 aliphatic heterocycles. The van der Waals surface area contributed by atoms with Gasteiger partial charge in [0.2, 0.25) is 5.91 Å². The Kier molecular flexibility index (Phi) is 6.46. The summed E-state index contributed by atoms with van der Waals surface area (Å²) < 4.78 is 1.63. The summed E-state index contributed by atoms with van der Waals surface area (Å²) in [7, 11) is 0. The quantitative estimate of drug-likeness (QED) is 0.452. The molecule has 0 fully saturated rings. The Morgan fingerprint density at radius 2 is 2.04 bits per heavy atom. The molecule has 28 heavy (non-hydrogen) atoms. The fraction of sp³-hybridized carbons (Fsp3) is 0.350. The summed E-state index contributed by atoms with van der Waals surface area (Å²) in [5, 5.41) is 4.16. The summed E-state index contributed by atoms with van der Waals surface area (Å²) in [5.41, 5.74) is 3.02. The van der Waals surface area contributed by atoms with Gasteiger partial charge in [0.1, 0.15) is 5.52 Å². The molecule has 3 aromatic rings. The molecule has 0 bridgehead atoms. The van der Waals surface area contributed by atoms with E-state index < -0.39 is 0 Å². The molecular weight excluding hydrogens is 396 g/mol. The van der Waals surface area contributed by atoms with Crippen molar-refractivity contribution < 1.29 is 4.79 Å². The highest BCUT2D eigenvalue weighted by Crippen LogP contribution is 2.21. The van der Waals surface area contributed by atoms with Crippen LogP contribution >= 0.6 is 23.4 Å². The van der Waals surface area contributed by atoms with Crippen LogP contribution < -0.4 is 10.9 Å². The number of carbonyl (C=O) groups excluding carboxylic acids is 1. The zero-order chi connectivity index (χ0) is 20.3. The van der Waals surface area contributed by atoms with Gasteiger partial charge in [0.25, 0.3) is 5.56 Å². The average molecular weight is 419 g/mol. The van der Waals surface area contributed by atoms with Crippen LogP contribution in [-0.4, -0.2) is 32.7 Å². The van der Waals surface area contributed by atoms with Crippen LogP contribution in [0.25, 0.3) is 11.0 Å². The van der Waals surface area contributed by atoms with Crippen molar-refractivity contribution in [1.29, 1.82) is 0 Å². The first-order valence-corrected chi connectivity index (χ1v) is 10.5. The van der Waals surface area contributed by atoms with Crippen LogP contribution in [0.2, 0.25) is 5.02 Å². The van der Waals surface area contributed by atoms with Crippen LogP contribution in [0.5, 0.6) is 0 Å². The highest BCUT2D eigenvalue weighted by Gasteiger charge is 2.16. The van der Waals surface area contributed by atoms with E-state index in [4.69, 9.17) is 11.6 Å². The van der Waals surface area contributed by atoms with E-state index in [1.807, 2.05) is 51.1 Å². The Morgan fingerprint density at radius 3 is 2.71 bits per heavy atom. The van der Waals surface area contributed by atoms with Gasteiger partial charge in [-0.25, -0.2) is 4.98 Å². The zero-order valence-electron chi connectivity index (χ0n) is 16.1. The zero-order valence-corrected chi connectivity index (χ0v) is 17.7. The van der Waals surface area contributed by atoms with Gasteiger partial charge in [0.05, 0.1) is 11.3 Å². The van der Waals surface area contributed by atoms with Gasteiger partial charge in [0, 0.05) is 23.3 Å². The fourth-order valence-corrected chi connectivity index (χ4v) is 4.01. The SMILES string of the molecule is Cc1cc2nc(SCC(=O)NCCc3ccc(Cl)cc3)n(C(C)C)c(=O)c2[nH]1. The topological polar surface area (TPSA) is 79.8 Å². The predicted molar refractivity (Wildman–Crippen MR) is 114 cm³/mol. The number of nitrogens with zero attached hydrogens (tertiary/aromatic N) is 2. The molecular formula is C20H23ClN4O2S. The van der Waals surface area contributed by atoms with Crippen molar-refractivity contribution in [2.75, 3.05) is 12.3 Å². The first kappa shape index (κ1) is 20.5. The van der Waals surface area contributed by atoms with E-state index >= 15 is 0 Å². The maximum absolute atomic E-state index is 12.8. The minimum atomic E-state index is -0.112. The van der Waals surface area contributed by atoms with Crippen LogP contribution in [0.4, 0.5) is 0 Å². The van der Waals surface area contributed by atoms with Crippen LogP contribution in [0.15, 0.2) is 40.3 Å². The summed E-state index contributed by atoms with van der Waals surface area (Å²) in [4.78, 5) is 32.6. The van der Waals surface area contributed by atoms with E-state index in [2.05, 4.69) is 15.3 Å². The Morgan fingerprint density at radius 1 is 1.32 bits per heavy atom. The lowest BCUT2D eigenvalue weighted by Crippen LogP contribution is -2.29. The van der Waals surface area contributed by atoms with Crippen LogP contribution in [0.1, 0.15) is 31.1 Å².